The van der Waals surface area contributed by atoms with Gasteiger partial charge in [0.05, 0.1) is 26.4 Å². The highest BCUT2D eigenvalue weighted by molar-refractivity contribution is 5.69. The largest absolute Gasteiger partial charge is 0.457 e. The smallest absolute Gasteiger partial charge is 0.306 e. The van der Waals surface area contributed by atoms with Crippen molar-refractivity contribution in [1.82, 2.24) is 0 Å². The number of rotatable bonds is 50. The molecule has 0 aliphatic carbocycles. The van der Waals surface area contributed by atoms with Gasteiger partial charge in [-0.2, -0.15) is 0 Å². The number of hydrogen-bond donors (Lipinski definition) is 7. The first kappa shape index (κ1) is 70.8. The quantitative estimate of drug-likeness (QED) is 0.0172. The summed E-state index contributed by atoms with van der Waals surface area (Å²) in [6.07, 6.45) is 45.9. The molecule has 2 saturated heterocycles. The molecule has 7 N–H and O–H groups in total. The maximum absolute atomic E-state index is 13.1. The van der Waals surface area contributed by atoms with E-state index in [-0.39, 0.29) is 25.6 Å². The third-order valence-corrected chi connectivity index (χ3v) is 14.5. The van der Waals surface area contributed by atoms with Gasteiger partial charge in [-0.3, -0.25) is 4.79 Å². The number of aliphatic hydroxyl groups is 7. The van der Waals surface area contributed by atoms with Crippen molar-refractivity contribution in [3.05, 3.63) is 60.8 Å². The lowest BCUT2D eigenvalue weighted by Gasteiger charge is -2.42. The van der Waals surface area contributed by atoms with Gasteiger partial charge in [-0.25, -0.2) is 0 Å². The average molecular weight is 1090 g/mol. The van der Waals surface area contributed by atoms with Gasteiger partial charge in [0.25, 0.3) is 0 Å². The van der Waals surface area contributed by atoms with Gasteiger partial charge < -0.3 is 64.2 Å². The molecule has 2 heterocycles. The van der Waals surface area contributed by atoms with Gasteiger partial charge in [0.2, 0.25) is 0 Å². The summed E-state index contributed by atoms with van der Waals surface area (Å²) in [5.41, 5.74) is 0. The molecule has 0 bridgehead atoms. The zero-order valence-corrected chi connectivity index (χ0v) is 48.2. The molecule has 77 heavy (non-hydrogen) atoms. The molecule has 11 atom stereocenters. The second kappa shape index (κ2) is 49.5. The van der Waals surface area contributed by atoms with Gasteiger partial charge in [0.1, 0.15) is 54.9 Å². The fraction of sp³-hybridized carbons (Fsp3) is 0.825. The van der Waals surface area contributed by atoms with Crippen LogP contribution in [-0.4, -0.2) is 142 Å². The monoisotopic (exact) mass is 1090 g/mol. The predicted octanol–water partition coefficient (Wildman–Crippen LogP) is 11.6. The van der Waals surface area contributed by atoms with E-state index < -0.39 is 80.7 Å². The highest BCUT2D eigenvalue weighted by Crippen LogP contribution is 2.27. The highest BCUT2D eigenvalue weighted by atomic mass is 16.7. The molecule has 448 valence electrons. The summed E-state index contributed by atoms with van der Waals surface area (Å²) >= 11 is 0. The summed E-state index contributed by atoms with van der Waals surface area (Å²) in [7, 11) is 0. The van der Waals surface area contributed by atoms with Crippen LogP contribution in [0.1, 0.15) is 232 Å². The lowest BCUT2D eigenvalue weighted by molar-refractivity contribution is -0.332. The van der Waals surface area contributed by atoms with Crippen LogP contribution in [0.15, 0.2) is 60.8 Å². The zero-order valence-electron chi connectivity index (χ0n) is 48.2. The van der Waals surface area contributed by atoms with Crippen molar-refractivity contribution in [2.75, 3.05) is 33.0 Å². The SMILES string of the molecule is CC/C=C\C/C=C\C/C=C\C/C=C\C/C=C\CCCCOCC(COC1OC(COC2OC(CO)C(O)C(O)C2O)C(O)C(O)C1O)OC(=O)CCCCCCCCCCCCCCCCCCCCCCCCCCC. The van der Waals surface area contributed by atoms with Crippen LogP contribution >= 0.6 is 0 Å². The Labute approximate surface area is 466 Å². The second-order valence-electron chi connectivity index (χ2n) is 21.5. The van der Waals surface area contributed by atoms with Crippen LogP contribution in [0.3, 0.4) is 0 Å². The molecule has 14 nitrogen and oxygen atoms in total. The average Bonchev–Trinajstić information content (AvgIpc) is 3.43. The molecule has 2 aliphatic rings. The molecule has 0 aromatic heterocycles. The molecule has 14 heteroatoms. The number of carbonyl (C=O) groups is 1. The summed E-state index contributed by atoms with van der Waals surface area (Å²) < 4.78 is 34.4. The van der Waals surface area contributed by atoms with E-state index in [0.29, 0.717) is 13.0 Å². The fourth-order valence-corrected chi connectivity index (χ4v) is 9.61. The van der Waals surface area contributed by atoms with E-state index in [1.165, 1.54) is 135 Å². The number of allylic oxidation sites excluding steroid dienone is 10. The van der Waals surface area contributed by atoms with Crippen molar-refractivity contribution in [1.29, 1.82) is 0 Å². The van der Waals surface area contributed by atoms with Crippen molar-refractivity contribution in [2.45, 2.75) is 300 Å². The van der Waals surface area contributed by atoms with Crippen LogP contribution in [0.4, 0.5) is 0 Å². The Morgan fingerprint density at radius 2 is 0.844 bits per heavy atom. The Hall–Kier alpha value is -2.31. The standard InChI is InChI=1S/C63H112O14/c1-3-5-7-9-11-13-15-17-19-21-23-24-25-26-27-28-29-30-32-34-36-38-40-42-44-46-55(65)75-52(49-72-47-45-43-41-39-37-35-33-31-22-20-18-16-14-12-10-8-6-4-2)50-73-62-61(71)59(69)57(67)54(77-62)51-74-63-60(70)58(68)56(66)53(48-64)76-63/h6,8,12,14,18,20,31,33,37,39,52-54,56-64,66-71H,3-5,7,9-11,13,15-17,19,21-30,32,34-36,38,40-51H2,1-2H3/b8-6-,14-12-,20-18-,33-31-,39-37-. The maximum atomic E-state index is 13.1. The minimum atomic E-state index is -1.72. The molecule has 2 aliphatic heterocycles. The van der Waals surface area contributed by atoms with Crippen molar-refractivity contribution < 1.29 is 69.0 Å². The first-order valence-electron chi connectivity index (χ1n) is 30.9. The van der Waals surface area contributed by atoms with Gasteiger partial charge in [-0.1, -0.05) is 229 Å². The molecule has 0 spiro atoms. The van der Waals surface area contributed by atoms with Gasteiger partial charge in [-0.05, 0) is 57.8 Å². The normalized spacial score (nSPS) is 24.7. The van der Waals surface area contributed by atoms with Gasteiger partial charge in [0, 0.05) is 13.0 Å². The van der Waals surface area contributed by atoms with Crippen LogP contribution in [0, 0.1) is 0 Å². The van der Waals surface area contributed by atoms with Crippen molar-refractivity contribution >= 4 is 5.97 Å². The van der Waals surface area contributed by atoms with Crippen LogP contribution in [0.2, 0.25) is 0 Å². The van der Waals surface area contributed by atoms with Gasteiger partial charge in [-0.15, -0.1) is 0 Å². The summed E-state index contributed by atoms with van der Waals surface area (Å²) in [6.45, 7) is 3.50. The summed E-state index contributed by atoms with van der Waals surface area (Å²) in [4.78, 5) is 13.1. The molecule has 2 rings (SSSR count). The van der Waals surface area contributed by atoms with Crippen molar-refractivity contribution in [3.8, 4) is 0 Å². The summed E-state index contributed by atoms with van der Waals surface area (Å²) in [5, 5.41) is 72.4. The molecule has 0 aromatic rings. The third kappa shape index (κ3) is 35.9. The minimum Gasteiger partial charge on any atom is -0.457 e. The Balaban J connectivity index is 1.69. The molecular formula is C63H112O14. The van der Waals surface area contributed by atoms with Crippen LogP contribution in [-0.2, 0) is 33.2 Å². The van der Waals surface area contributed by atoms with E-state index in [4.69, 9.17) is 28.4 Å². The Morgan fingerprint density at radius 1 is 0.442 bits per heavy atom. The van der Waals surface area contributed by atoms with Gasteiger partial charge in [0.15, 0.2) is 12.6 Å². The van der Waals surface area contributed by atoms with E-state index in [2.05, 4.69) is 74.6 Å². The molecular weight excluding hydrogens is 981 g/mol. The first-order valence-corrected chi connectivity index (χ1v) is 30.9. The maximum Gasteiger partial charge on any atom is 0.306 e. The van der Waals surface area contributed by atoms with E-state index in [1.54, 1.807) is 0 Å². The lowest BCUT2D eigenvalue weighted by Crippen LogP contribution is -2.61. The Bertz CT molecular complexity index is 1500. The van der Waals surface area contributed by atoms with Crippen LogP contribution < -0.4 is 0 Å². The highest BCUT2D eigenvalue weighted by Gasteiger charge is 2.47. The van der Waals surface area contributed by atoms with E-state index in [1.807, 2.05) is 0 Å². The lowest BCUT2D eigenvalue weighted by atomic mass is 9.98. The molecule has 11 unspecified atom stereocenters. The number of esters is 1. The van der Waals surface area contributed by atoms with E-state index >= 15 is 0 Å². The summed E-state index contributed by atoms with van der Waals surface area (Å²) in [5.74, 6) is -0.388. The zero-order chi connectivity index (χ0) is 55.8. The number of ether oxygens (including phenoxy) is 6. The predicted molar refractivity (Wildman–Crippen MR) is 307 cm³/mol. The molecule has 0 saturated carbocycles. The number of carbonyl (C=O) groups excluding carboxylic acids is 1. The number of aliphatic hydroxyl groups excluding tert-OH is 7. The van der Waals surface area contributed by atoms with Crippen LogP contribution in [0.25, 0.3) is 0 Å². The first-order chi connectivity index (χ1) is 37.6. The van der Waals surface area contributed by atoms with Gasteiger partial charge >= 0.3 is 5.97 Å². The van der Waals surface area contributed by atoms with Crippen LogP contribution in [0.5, 0.6) is 0 Å². The van der Waals surface area contributed by atoms with E-state index in [9.17, 15) is 40.5 Å². The second-order valence-corrected chi connectivity index (χ2v) is 21.5. The molecule has 0 radical (unpaired) electrons. The number of unbranched alkanes of at least 4 members (excludes halogenated alkanes) is 26. The van der Waals surface area contributed by atoms with Crippen molar-refractivity contribution in [2.24, 2.45) is 0 Å². The summed E-state index contributed by atoms with van der Waals surface area (Å²) in [6, 6.07) is 0. The van der Waals surface area contributed by atoms with Crippen molar-refractivity contribution in [3.63, 3.8) is 0 Å². The molecule has 0 amide bonds. The Morgan fingerprint density at radius 3 is 1.30 bits per heavy atom. The van der Waals surface area contributed by atoms with E-state index in [0.717, 1.165) is 70.6 Å². The topological polar surface area (TPSA) is 214 Å². The fourth-order valence-electron chi connectivity index (χ4n) is 9.61. The minimum absolute atomic E-state index is 0.0323. The molecule has 0 aromatic carbocycles. The number of hydrogen-bond acceptors (Lipinski definition) is 14. The third-order valence-electron chi connectivity index (χ3n) is 14.5. The molecule has 2 fully saturated rings. The Kier molecular flexibility index (Phi) is 45.5.